The quantitative estimate of drug-likeness (QED) is 0.531. The molecule has 4 rings (SSSR count). The number of para-hydroxylation sites is 1. The first-order chi connectivity index (χ1) is 14.7. The van der Waals surface area contributed by atoms with Crippen LogP contribution < -0.4 is 10.1 Å². The van der Waals surface area contributed by atoms with Gasteiger partial charge in [-0.2, -0.15) is 5.26 Å². The molecule has 0 aliphatic rings. The third-order valence-corrected chi connectivity index (χ3v) is 4.26. The molecule has 3 aromatic carbocycles. The highest BCUT2D eigenvalue weighted by atomic mass is 16.5. The number of carbonyl (C=O) groups excluding carboxylic acids is 1. The van der Waals surface area contributed by atoms with Crippen molar-refractivity contribution in [2.45, 2.75) is 0 Å². The van der Waals surface area contributed by atoms with Crippen LogP contribution in [0.3, 0.4) is 0 Å². The van der Waals surface area contributed by atoms with E-state index in [1.54, 1.807) is 28.9 Å². The normalized spacial score (nSPS) is 10.2. The fraction of sp³-hybridized carbons (Fsp3) is 0.0435. The van der Waals surface area contributed by atoms with E-state index in [1.165, 1.54) is 0 Å². The van der Waals surface area contributed by atoms with Gasteiger partial charge in [-0.3, -0.25) is 4.79 Å². The molecule has 0 fully saturated rings. The third kappa shape index (κ3) is 4.18. The topological polar surface area (TPSA) is 92.8 Å². The van der Waals surface area contributed by atoms with Gasteiger partial charge in [-0.1, -0.05) is 48.5 Å². The summed E-state index contributed by atoms with van der Waals surface area (Å²) in [5.41, 5.74) is 2.23. The van der Waals surface area contributed by atoms with Crippen LogP contribution in [-0.2, 0) is 0 Å². The van der Waals surface area contributed by atoms with Crippen molar-refractivity contribution in [1.82, 2.24) is 14.8 Å². The maximum Gasteiger partial charge on any atom is 0.295 e. The number of ether oxygens (including phenoxy) is 1. The molecule has 0 saturated heterocycles. The third-order valence-electron chi connectivity index (χ3n) is 4.26. The number of carbonyl (C=O) groups is 1. The molecule has 1 amide bonds. The molecule has 7 nitrogen and oxygen atoms in total. The van der Waals surface area contributed by atoms with Crippen molar-refractivity contribution in [3.05, 3.63) is 90.8 Å². The average Bonchev–Trinajstić information content (AvgIpc) is 3.26. The summed E-state index contributed by atoms with van der Waals surface area (Å²) in [5.74, 6) is 0.759. The van der Waals surface area contributed by atoms with Crippen molar-refractivity contribution in [3.8, 4) is 28.9 Å². The van der Waals surface area contributed by atoms with E-state index in [2.05, 4.69) is 15.4 Å². The summed E-state index contributed by atoms with van der Waals surface area (Å²) in [7, 11) is 0. The number of hydrogen-bond acceptors (Lipinski definition) is 5. The molecule has 146 valence electrons. The van der Waals surface area contributed by atoms with Gasteiger partial charge in [0.15, 0.2) is 12.4 Å². The van der Waals surface area contributed by atoms with Gasteiger partial charge in [-0.15, -0.1) is 5.10 Å². The number of rotatable bonds is 6. The second-order valence-electron chi connectivity index (χ2n) is 6.30. The number of hydrogen-bond donors (Lipinski definition) is 1. The van der Waals surface area contributed by atoms with Gasteiger partial charge >= 0.3 is 0 Å². The smallest absolute Gasteiger partial charge is 0.295 e. The van der Waals surface area contributed by atoms with E-state index in [-0.39, 0.29) is 12.4 Å². The zero-order valence-corrected chi connectivity index (χ0v) is 15.9. The SMILES string of the molecule is N#CCOc1ccc(NC(=O)c2nc(-c3ccccc3)n(-c3ccccc3)n2)cc1. The Bertz CT molecular complexity index is 1120. The summed E-state index contributed by atoms with van der Waals surface area (Å²) in [5, 5.41) is 15.8. The molecule has 1 N–H and O–H groups in total. The number of benzene rings is 3. The number of nitrogens with zero attached hydrogens (tertiary/aromatic N) is 4. The first kappa shape index (κ1) is 18.9. The van der Waals surface area contributed by atoms with Crippen LogP contribution in [0, 0.1) is 11.3 Å². The lowest BCUT2D eigenvalue weighted by Crippen LogP contribution is -2.14. The summed E-state index contributed by atoms with van der Waals surface area (Å²) >= 11 is 0. The Kier molecular flexibility index (Phi) is 5.49. The Balaban J connectivity index is 1.62. The van der Waals surface area contributed by atoms with Gasteiger partial charge < -0.3 is 10.1 Å². The van der Waals surface area contributed by atoms with E-state index >= 15 is 0 Å². The average molecular weight is 395 g/mol. The number of anilines is 1. The van der Waals surface area contributed by atoms with E-state index in [9.17, 15) is 4.79 Å². The van der Waals surface area contributed by atoms with Crippen molar-refractivity contribution >= 4 is 11.6 Å². The van der Waals surface area contributed by atoms with Crippen LogP contribution in [0.25, 0.3) is 17.1 Å². The summed E-state index contributed by atoms with van der Waals surface area (Å²) in [4.78, 5) is 17.3. The molecule has 7 heteroatoms. The minimum Gasteiger partial charge on any atom is -0.479 e. The Morgan fingerprint density at radius 1 is 0.967 bits per heavy atom. The highest BCUT2D eigenvalue weighted by molar-refractivity contribution is 6.01. The summed E-state index contributed by atoms with van der Waals surface area (Å²) in [6.45, 7) is -0.0329. The molecule has 0 spiro atoms. The predicted octanol–water partition coefficient (Wildman–Crippen LogP) is 4.09. The Morgan fingerprint density at radius 3 is 2.30 bits per heavy atom. The van der Waals surface area contributed by atoms with E-state index in [1.807, 2.05) is 66.7 Å². The number of amides is 1. The highest BCUT2D eigenvalue weighted by Crippen LogP contribution is 2.22. The standard InChI is InChI=1S/C23H17N5O2/c24-15-16-30-20-13-11-18(12-14-20)25-23(29)21-26-22(17-7-3-1-4-8-17)28(27-21)19-9-5-2-6-10-19/h1-14H,16H2,(H,25,29). The minimum atomic E-state index is -0.424. The molecule has 0 aliphatic carbocycles. The molecular weight excluding hydrogens is 378 g/mol. The number of nitrogens with one attached hydrogen (secondary N) is 1. The van der Waals surface area contributed by atoms with Crippen LogP contribution in [0.2, 0.25) is 0 Å². The maximum atomic E-state index is 12.8. The van der Waals surface area contributed by atoms with Gasteiger partial charge in [0.2, 0.25) is 5.82 Å². The molecule has 1 heterocycles. The Hall–Kier alpha value is -4.44. The van der Waals surface area contributed by atoms with Gasteiger partial charge in [0.1, 0.15) is 11.8 Å². The lowest BCUT2D eigenvalue weighted by atomic mass is 10.2. The highest BCUT2D eigenvalue weighted by Gasteiger charge is 2.18. The zero-order chi connectivity index (χ0) is 20.8. The van der Waals surface area contributed by atoms with Crippen molar-refractivity contribution < 1.29 is 9.53 Å². The van der Waals surface area contributed by atoms with E-state index < -0.39 is 5.91 Å². The molecule has 0 bridgehead atoms. The van der Waals surface area contributed by atoms with Crippen LogP contribution in [-0.4, -0.2) is 27.3 Å². The van der Waals surface area contributed by atoms with Crippen LogP contribution >= 0.6 is 0 Å². The van der Waals surface area contributed by atoms with Crippen LogP contribution in [0.5, 0.6) is 5.75 Å². The first-order valence-electron chi connectivity index (χ1n) is 9.23. The predicted molar refractivity (Wildman–Crippen MR) is 112 cm³/mol. The molecule has 0 radical (unpaired) electrons. The molecule has 0 unspecified atom stereocenters. The van der Waals surface area contributed by atoms with Gasteiger partial charge in [0, 0.05) is 11.3 Å². The first-order valence-corrected chi connectivity index (χ1v) is 9.23. The van der Waals surface area contributed by atoms with Crippen LogP contribution in [0.1, 0.15) is 10.6 Å². The molecule has 4 aromatic rings. The number of nitriles is 1. The fourth-order valence-electron chi connectivity index (χ4n) is 2.87. The monoisotopic (exact) mass is 395 g/mol. The second kappa shape index (κ2) is 8.71. The molecule has 0 atom stereocenters. The van der Waals surface area contributed by atoms with E-state index in [0.29, 0.717) is 17.3 Å². The zero-order valence-electron chi connectivity index (χ0n) is 15.9. The van der Waals surface area contributed by atoms with Gasteiger partial charge in [-0.25, -0.2) is 9.67 Å². The van der Waals surface area contributed by atoms with Gasteiger partial charge in [0.05, 0.1) is 5.69 Å². The Morgan fingerprint density at radius 2 is 1.63 bits per heavy atom. The summed E-state index contributed by atoms with van der Waals surface area (Å²) in [6.07, 6.45) is 0. The van der Waals surface area contributed by atoms with Gasteiger partial charge in [0.25, 0.3) is 5.91 Å². The van der Waals surface area contributed by atoms with E-state index in [4.69, 9.17) is 10.00 Å². The molecular formula is C23H17N5O2. The second-order valence-corrected chi connectivity index (χ2v) is 6.30. The molecule has 30 heavy (non-hydrogen) atoms. The van der Waals surface area contributed by atoms with Crippen LogP contribution in [0.15, 0.2) is 84.9 Å². The summed E-state index contributed by atoms with van der Waals surface area (Å²) < 4.78 is 6.87. The maximum absolute atomic E-state index is 12.8. The van der Waals surface area contributed by atoms with Crippen LogP contribution in [0.4, 0.5) is 5.69 Å². The lowest BCUT2D eigenvalue weighted by Gasteiger charge is -2.05. The van der Waals surface area contributed by atoms with Crippen molar-refractivity contribution in [2.24, 2.45) is 0 Å². The van der Waals surface area contributed by atoms with Crippen molar-refractivity contribution in [1.29, 1.82) is 5.26 Å². The van der Waals surface area contributed by atoms with Crippen molar-refractivity contribution in [3.63, 3.8) is 0 Å². The lowest BCUT2D eigenvalue weighted by molar-refractivity contribution is 0.101. The molecule has 0 aliphatic heterocycles. The molecule has 0 saturated carbocycles. The fourth-order valence-corrected chi connectivity index (χ4v) is 2.87. The largest absolute Gasteiger partial charge is 0.479 e. The molecule has 1 aromatic heterocycles. The minimum absolute atomic E-state index is 0.0329. The van der Waals surface area contributed by atoms with E-state index in [0.717, 1.165) is 11.3 Å². The summed E-state index contributed by atoms with van der Waals surface area (Å²) in [6, 6.07) is 27.8. The van der Waals surface area contributed by atoms with Crippen molar-refractivity contribution in [2.75, 3.05) is 11.9 Å². The van der Waals surface area contributed by atoms with Gasteiger partial charge in [-0.05, 0) is 36.4 Å². The number of aromatic nitrogens is 3. The Labute approximate surface area is 173 Å².